The van der Waals surface area contributed by atoms with Crippen molar-refractivity contribution in [2.24, 2.45) is 5.73 Å². The number of carbonyl (C=O) groups excluding carboxylic acids is 1. The third kappa shape index (κ3) is 4.78. The predicted molar refractivity (Wildman–Crippen MR) is 70.4 cm³/mol. The number of hydrogen-bond donors (Lipinski definition) is 2. The summed E-state index contributed by atoms with van der Waals surface area (Å²) in [6.07, 6.45) is -0.675. The monoisotopic (exact) mass is 296 g/mol. The maximum atomic E-state index is 12.9. The summed E-state index contributed by atoms with van der Waals surface area (Å²) in [5.41, 5.74) is 6.05. The predicted octanol–water partition coefficient (Wildman–Crippen LogP) is 1.49. The van der Waals surface area contributed by atoms with Crippen molar-refractivity contribution in [2.45, 2.75) is 12.6 Å². The summed E-state index contributed by atoms with van der Waals surface area (Å²) in [5.74, 6) is -0.797. The number of methoxy groups -OCH3 is 1. The molecule has 0 heterocycles. The number of ether oxygens (including phenoxy) is 1. The minimum Gasteiger partial charge on any atom is -0.370 e. The SMILES string of the molecule is COC(CN)C(=O)NCc1ccc(F)c(Cl)c1.Cl. The molecule has 0 aliphatic rings. The van der Waals surface area contributed by atoms with Gasteiger partial charge in [-0.25, -0.2) is 4.39 Å². The van der Waals surface area contributed by atoms with Gasteiger partial charge in [0.05, 0.1) is 5.02 Å². The van der Waals surface area contributed by atoms with E-state index in [1.807, 2.05) is 0 Å². The quantitative estimate of drug-likeness (QED) is 0.865. The van der Waals surface area contributed by atoms with E-state index < -0.39 is 11.9 Å². The van der Waals surface area contributed by atoms with E-state index in [-0.39, 0.29) is 36.4 Å². The van der Waals surface area contributed by atoms with Crippen LogP contribution in [-0.4, -0.2) is 25.7 Å². The number of halogens is 3. The Hall–Kier alpha value is -0.880. The molecule has 1 aromatic carbocycles. The second-order valence-corrected chi connectivity index (χ2v) is 3.83. The van der Waals surface area contributed by atoms with E-state index in [1.54, 1.807) is 6.07 Å². The summed E-state index contributed by atoms with van der Waals surface area (Å²) in [5, 5.41) is 2.65. The normalized spacial score (nSPS) is 11.6. The van der Waals surface area contributed by atoms with Crippen molar-refractivity contribution in [3.63, 3.8) is 0 Å². The molecule has 0 radical (unpaired) electrons. The average Bonchev–Trinajstić information content (AvgIpc) is 2.32. The van der Waals surface area contributed by atoms with E-state index >= 15 is 0 Å². The zero-order valence-electron chi connectivity index (χ0n) is 9.78. The maximum Gasteiger partial charge on any atom is 0.250 e. The first-order valence-corrected chi connectivity index (χ1v) is 5.40. The Morgan fingerprint density at radius 2 is 2.28 bits per heavy atom. The van der Waals surface area contributed by atoms with Gasteiger partial charge in [0, 0.05) is 20.2 Å². The fourth-order valence-corrected chi connectivity index (χ4v) is 1.47. The molecule has 102 valence electrons. The van der Waals surface area contributed by atoms with E-state index in [2.05, 4.69) is 5.32 Å². The number of rotatable bonds is 5. The second-order valence-electron chi connectivity index (χ2n) is 3.43. The zero-order chi connectivity index (χ0) is 12.8. The molecule has 7 heteroatoms. The van der Waals surface area contributed by atoms with Crippen LogP contribution in [0.15, 0.2) is 18.2 Å². The molecule has 1 atom stereocenters. The molecule has 1 amide bonds. The highest BCUT2D eigenvalue weighted by molar-refractivity contribution is 6.30. The molecule has 0 saturated carbocycles. The van der Waals surface area contributed by atoms with Crippen LogP contribution in [0.3, 0.4) is 0 Å². The lowest BCUT2D eigenvalue weighted by atomic mass is 10.2. The lowest BCUT2D eigenvalue weighted by Gasteiger charge is -2.13. The molecule has 4 nitrogen and oxygen atoms in total. The summed E-state index contributed by atoms with van der Waals surface area (Å²) >= 11 is 5.61. The molecule has 1 unspecified atom stereocenters. The fourth-order valence-electron chi connectivity index (χ4n) is 1.26. The van der Waals surface area contributed by atoms with Gasteiger partial charge >= 0.3 is 0 Å². The number of benzene rings is 1. The summed E-state index contributed by atoms with van der Waals surface area (Å²) in [4.78, 5) is 11.5. The van der Waals surface area contributed by atoms with E-state index in [4.69, 9.17) is 22.1 Å². The third-order valence-electron chi connectivity index (χ3n) is 2.24. The van der Waals surface area contributed by atoms with E-state index in [0.29, 0.717) is 5.56 Å². The Bertz CT molecular complexity index is 401. The number of amides is 1. The molecule has 0 spiro atoms. The van der Waals surface area contributed by atoms with Crippen LogP contribution in [0.2, 0.25) is 5.02 Å². The Labute approximate surface area is 116 Å². The van der Waals surface area contributed by atoms with E-state index in [1.165, 1.54) is 19.2 Å². The van der Waals surface area contributed by atoms with E-state index in [0.717, 1.165) is 0 Å². The molecule has 0 fully saturated rings. The van der Waals surface area contributed by atoms with Gasteiger partial charge in [-0.15, -0.1) is 12.4 Å². The number of hydrogen-bond acceptors (Lipinski definition) is 3. The molecule has 0 aliphatic carbocycles. The molecule has 0 bridgehead atoms. The minimum absolute atomic E-state index is 0. The highest BCUT2D eigenvalue weighted by Crippen LogP contribution is 2.15. The van der Waals surface area contributed by atoms with Crippen molar-refractivity contribution >= 4 is 29.9 Å². The van der Waals surface area contributed by atoms with Crippen LogP contribution in [-0.2, 0) is 16.1 Å². The first-order valence-electron chi connectivity index (χ1n) is 5.03. The number of nitrogens with one attached hydrogen (secondary N) is 1. The van der Waals surface area contributed by atoms with Crippen LogP contribution in [0.1, 0.15) is 5.56 Å². The molecular formula is C11H15Cl2FN2O2. The van der Waals surface area contributed by atoms with Crippen LogP contribution in [0.4, 0.5) is 4.39 Å². The summed E-state index contributed by atoms with van der Waals surface area (Å²) in [6.45, 7) is 0.352. The van der Waals surface area contributed by atoms with Crippen molar-refractivity contribution < 1.29 is 13.9 Å². The van der Waals surface area contributed by atoms with Gasteiger partial charge in [-0.3, -0.25) is 4.79 Å². The van der Waals surface area contributed by atoms with Gasteiger partial charge in [0.2, 0.25) is 0 Å². The fraction of sp³-hybridized carbons (Fsp3) is 0.364. The number of carbonyl (C=O) groups is 1. The van der Waals surface area contributed by atoms with Crippen LogP contribution in [0.5, 0.6) is 0 Å². The van der Waals surface area contributed by atoms with Gasteiger partial charge in [-0.05, 0) is 17.7 Å². The Morgan fingerprint density at radius 3 is 2.78 bits per heavy atom. The van der Waals surface area contributed by atoms with Gasteiger partial charge in [0.15, 0.2) is 0 Å². The number of nitrogens with two attached hydrogens (primary N) is 1. The lowest BCUT2D eigenvalue weighted by molar-refractivity contribution is -0.130. The molecular weight excluding hydrogens is 282 g/mol. The van der Waals surface area contributed by atoms with Gasteiger partial charge in [-0.2, -0.15) is 0 Å². The smallest absolute Gasteiger partial charge is 0.250 e. The maximum absolute atomic E-state index is 12.9. The van der Waals surface area contributed by atoms with Gasteiger partial charge in [0.25, 0.3) is 5.91 Å². The van der Waals surface area contributed by atoms with Crippen molar-refractivity contribution in [3.05, 3.63) is 34.6 Å². The third-order valence-corrected chi connectivity index (χ3v) is 2.53. The van der Waals surface area contributed by atoms with Crippen molar-refractivity contribution in [1.82, 2.24) is 5.32 Å². The molecule has 0 aliphatic heterocycles. The minimum atomic E-state index is -0.675. The summed E-state index contributed by atoms with van der Waals surface area (Å²) < 4.78 is 17.7. The zero-order valence-corrected chi connectivity index (χ0v) is 11.4. The van der Waals surface area contributed by atoms with Crippen LogP contribution in [0, 0.1) is 5.82 Å². The lowest BCUT2D eigenvalue weighted by Crippen LogP contribution is -2.40. The first kappa shape index (κ1) is 17.1. The van der Waals surface area contributed by atoms with Crippen molar-refractivity contribution in [3.8, 4) is 0 Å². The standard InChI is InChI=1S/C11H14ClFN2O2.ClH/c1-17-10(5-14)11(16)15-6-7-2-3-9(13)8(12)4-7;/h2-4,10H,5-6,14H2,1H3,(H,15,16);1H. The van der Waals surface area contributed by atoms with Gasteiger partial charge in [-0.1, -0.05) is 17.7 Å². The Morgan fingerprint density at radius 1 is 1.61 bits per heavy atom. The molecule has 1 aromatic rings. The highest BCUT2D eigenvalue weighted by Gasteiger charge is 2.14. The van der Waals surface area contributed by atoms with Crippen molar-refractivity contribution in [1.29, 1.82) is 0 Å². The Balaban J connectivity index is 0.00000289. The van der Waals surface area contributed by atoms with Gasteiger partial charge in [0.1, 0.15) is 11.9 Å². The average molecular weight is 297 g/mol. The van der Waals surface area contributed by atoms with Crippen molar-refractivity contribution in [2.75, 3.05) is 13.7 Å². The molecule has 3 N–H and O–H groups in total. The molecule has 0 aromatic heterocycles. The van der Waals surface area contributed by atoms with Crippen LogP contribution < -0.4 is 11.1 Å². The van der Waals surface area contributed by atoms with Crippen LogP contribution in [0.25, 0.3) is 0 Å². The molecule has 18 heavy (non-hydrogen) atoms. The Kier molecular flexibility index (Phi) is 7.86. The topological polar surface area (TPSA) is 64.3 Å². The highest BCUT2D eigenvalue weighted by atomic mass is 35.5. The summed E-state index contributed by atoms with van der Waals surface area (Å²) in [6, 6.07) is 4.26. The second kappa shape index (κ2) is 8.26. The largest absolute Gasteiger partial charge is 0.370 e. The first-order chi connectivity index (χ1) is 8.08. The summed E-state index contributed by atoms with van der Waals surface area (Å²) in [7, 11) is 1.41. The molecule has 0 saturated heterocycles. The molecule has 1 rings (SSSR count). The van der Waals surface area contributed by atoms with E-state index in [9.17, 15) is 9.18 Å². The van der Waals surface area contributed by atoms with Gasteiger partial charge < -0.3 is 15.8 Å². The van der Waals surface area contributed by atoms with Crippen LogP contribution >= 0.6 is 24.0 Å².